The number of ether oxygens (including phenoxy) is 3. The molecular formula is C22H20O5. The van der Waals surface area contributed by atoms with Crippen LogP contribution in [0.2, 0.25) is 0 Å². The first-order chi connectivity index (χ1) is 13.1. The maximum absolute atomic E-state index is 12.8. The summed E-state index contributed by atoms with van der Waals surface area (Å²) in [5, 5.41) is 3.51. The van der Waals surface area contributed by atoms with E-state index in [0.717, 1.165) is 33.5 Å². The lowest BCUT2D eigenvalue weighted by molar-refractivity contribution is 0.405. The average molecular weight is 364 g/mol. The van der Waals surface area contributed by atoms with Crippen LogP contribution >= 0.6 is 0 Å². The Morgan fingerprint density at radius 3 is 2.19 bits per heavy atom. The molecule has 0 aliphatic carbocycles. The Balaban J connectivity index is 2.30. The zero-order valence-electron chi connectivity index (χ0n) is 15.7. The maximum atomic E-state index is 12.8. The molecule has 0 saturated heterocycles. The second-order valence-corrected chi connectivity index (χ2v) is 6.30. The first-order valence-electron chi connectivity index (χ1n) is 8.74. The summed E-state index contributed by atoms with van der Waals surface area (Å²) < 4.78 is 22.5. The van der Waals surface area contributed by atoms with Gasteiger partial charge < -0.3 is 18.6 Å². The minimum atomic E-state index is -0.389. The number of benzene rings is 3. The standard InChI is InChI=1S/C22H20O5/c1-5-12-9-15-19(17(10-12)25-3)14-11-18(26-4)20-13(21(14)27-22(15)23)7-6-8-16(20)24-2/h6-11H,5H2,1-4H3. The lowest BCUT2D eigenvalue weighted by Crippen LogP contribution is -2.03. The van der Waals surface area contributed by atoms with Crippen molar-refractivity contribution in [2.45, 2.75) is 13.3 Å². The van der Waals surface area contributed by atoms with Gasteiger partial charge in [-0.3, -0.25) is 0 Å². The van der Waals surface area contributed by atoms with Crippen LogP contribution in [0.1, 0.15) is 12.5 Å². The van der Waals surface area contributed by atoms with Gasteiger partial charge in [0.15, 0.2) is 0 Å². The highest BCUT2D eigenvalue weighted by Crippen LogP contribution is 2.42. The number of hydrogen-bond acceptors (Lipinski definition) is 5. The third-order valence-corrected chi connectivity index (χ3v) is 4.95. The summed E-state index contributed by atoms with van der Waals surface area (Å²) >= 11 is 0. The van der Waals surface area contributed by atoms with E-state index in [1.165, 1.54) is 0 Å². The first kappa shape index (κ1) is 17.2. The van der Waals surface area contributed by atoms with Gasteiger partial charge in [-0.15, -0.1) is 0 Å². The predicted octanol–water partition coefficient (Wildman–Crippen LogP) is 4.69. The van der Waals surface area contributed by atoms with Crippen LogP contribution in [0.4, 0.5) is 0 Å². The van der Waals surface area contributed by atoms with Crippen molar-refractivity contribution in [3.63, 3.8) is 0 Å². The number of rotatable bonds is 4. The molecule has 0 fully saturated rings. The molecule has 5 nitrogen and oxygen atoms in total. The number of hydrogen-bond donors (Lipinski definition) is 0. The normalized spacial score (nSPS) is 11.3. The summed E-state index contributed by atoms with van der Waals surface area (Å²) in [6.45, 7) is 2.03. The van der Waals surface area contributed by atoms with Crippen molar-refractivity contribution >= 4 is 32.5 Å². The third kappa shape index (κ3) is 2.50. The molecule has 0 aliphatic rings. The van der Waals surface area contributed by atoms with Gasteiger partial charge in [0.2, 0.25) is 0 Å². The summed E-state index contributed by atoms with van der Waals surface area (Å²) in [5.74, 6) is 1.94. The van der Waals surface area contributed by atoms with Gasteiger partial charge in [-0.05, 0) is 36.2 Å². The maximum Gasteiger partial charge on any atom is 0.344 e. The Hall–Kier alpha value is -3.21. The molecule has 1 heterocycles. The van der Waals surface area contributed by atoms with Crippen molar-refractivity contribution in [1.82, 2.24) is 0 Å². The second-order valence-electron chi connectivity index (χ2n) is 6.30. The van der Waals surface area contributed by atoms with Crippen LogP contribution in [0.3, 0.4) is 0 Å². The fourth-order valence-corrected chi connectivity index (χ4v) is 3.64. The Kier molecular flexibility index (Phi) is 4.15. The quantitative estimate of drug-likeness (QED) is 0.388. The van der Waals surface area contributed by atoms with E-state index in [9.17, 15) is 4.79 Å². The molecule has 4 aromatic rings. The van der Waals surface area contributed by atoms with Crippen molar-refractivity contribution in [3.8, 4) is 17.2 Å². The van der Waals surface area contributed by atoms with E-state index in [1.54, 1.807) is 21.3 Å². The molecule has 4 rings (SSSR count). The van der Waals surface area contributed by atoms with Crippen LogP contribution in [0, 0.1) is 0 Å². The Labute approximate surface area is 156 Å². The second kappa shape index (κ2) is 6.50. The lowest BCUT2D eigenvalue weighted by Gasteiger charge is -2.15. The molecule has 0 saturated carbocycles. The highest BCUT2D eigenvalue weighted by Gasteiger charge is 2.19. The van der Waals surface area contributed by atoms with E-state index < -0.39 is 0 Å². The fraction of sp³-hybridized carbons (Fsp3) is 0.227. The van der Waals surface area contributed by atoms with Crippen LogP contribution in [0.5, 0.6) is 17.2 Å². The number of methoxy groups -OCH3 is 3. The van der Waals surface area contributed by atoms with Gasteiger partial charge in [-0.25, -0.2) is 4.79 Å². The van der Waals surface area contributed by atoms with Crippen molar-refractivity contribution in [2.24, 2.45) is 0 Å². The van der Waals surface area contributed by atoms with Gasteiger partial charge in [-0.1, -0.05) is 19.1 Å². The number of fused-ring (bicyclic) bond motifs is 5. The van der Waals surface area contributed by atoms with Crippen molar-refractivity contribution in [1.29, 1.82) is 0 Å². The van der Waals surface area contributed by atoms with E-state index in [-0.39, 0.29) is 5.63 Å². The fourth-order valence-electron chi connectivity index (χ4n) is 3.64. The van der Waals surface area contributed by atoms with Crippen molar-refractivity contribution < 1.29 is 18.6 Å². The molecule has 0 amide bonds. The van der Waals surface area contributed by atoms with Gasteiger partial charge in [0.25, 0.3) is 0 Å². The van der Waals surface area contributed by atoms with E-state index in [4.69, 9.17) is 18.6 Å². The summed E-state index contributed by atoms with van der Waals surface area (Å²) in [6, 6.07) is 11.3. The molecule has 0 N–H and O–H groups in total. The zero-order valence-corrected chi connectivity index (χ0v) is 15.7. The molecule has 138 valence electrons. The third-order valence-electron chi connectivity index (χ3n) is 4.95. The number of aryl methyl sites for hydroxylation is 1. The van der Waals surface area contributed by atoms with E-state index in [1.807, 2.05) is 43.3 Å². The van der Waals surface area contributed by atoms with E-state index >= 15 is 0 Å². The topological polar surface area (TPSA) is 57.9 Å². The van der Waals surface area contributed by atoms with Crippen LogP contribution < -0.4 is 19.8 Å². The van der Waals surface area contributed by atoms with Gasteiger partial charge in [0.05, 0.1) is 32.1 Å². The SMILES string of the molecule is CCc1cc(OC)c2c(c1)c(=O)oc1c3cccc(OC)c3c(OC)cc12. The highest BCUT2D eigenvalue weighted by atomic mass is 16.5. The summed E-state index contributed by atoms with van der Waals surface area (Å²) in [6.07, 6.45) is 0.794. The van der Waals surface area contributed by atoms with Crippen molar-refractivity contribution in [2.75, 3.05) is 21.3 Å². The molecule has 27 heavy (non-hydrogen) atoms. The Morgan fingerprint density at radius 2 is 1.52 bits per heavy atom. The van der Waals surface area contributed by atoms with Crippen LogP contribution in [0.25, 0.3) is 32.5 Å². The first-order valence-corrected chi connectivity index (χ1v) is 8.74. The molecule has 0 aliphatic heterocycles. The molecule has 1 aromatic heterocycles. The Morgan fingerprint density at radius 1 is 0.815 bits per heavy atom. The molecule has 0 radical (unpaired) electrons. The zero-order chi connectivity index (χ0) is 19.1. The van der Waals surface area contributed by atoms with Crippen LogP contribution in [-0.4, -0.2) is 21.3 Å². The highest BCUT2D eigenvalue weighted by molar-refractivity contribution is 6.18. The van der Waals surface area contributed by atoms with Gasteiger partial charge in [0.1, 0.15) is 22.8 Å². The monoisotopic (exact) mass is 364 g/mol. The largest absolute Gasteiger partial charge is 0.496 e. The van der Waals surface area contributed by atoms with Crippen LogP contribution in [0.15, 0.2) is 45.6 Å². The molecule has 0 unspecified atom stereocenters. The van der Waals surface area contributed by atoms with Gasteiger partial charge >= 0.3 is 5.63 Å². The molecule has 5 heteroatoms. The predicted molar refractivity (Wildman–Crippen MR) is 107 cm³/mol. The smallest absolute Gasteiger partial charge is 0.344 e. The molecule has 0 spiro atoms. The average Bonchev–Trinajstić information content (AvgIpc) is 2.72. The minimum absolute atomic E-state index is 0.389. The molecular weight excluding hydrogens is 344 g/mol. The van der Waals surface area contributed by atoms with E-state index in [0.29, 0.717) is 28.2 Å². The lowest BCUT2D eigenvalue weighted by atomic mass is 9.99. The van der Waals surface area contributed by atoms with E-state index in [2.05, 4.69) is 0 Å². The summed E-state index contributed by atoms with van der Waals surface area (Å²) in [4.78, 5) is 12.8. The minimum Gasteiger partial charge on any atom is -0.496 e. The van der Waals surface area contributed by atoms with Gasteiger partial charge in [0, 0.05) is 16.2 Å². The van der Waals surface area contributed by atoms with Crippen molar-refractivity contribution in [3.05, 3.63) is 52.4 Å². The van der Waals surface area contributed by atoms with Gasteiger partial charge in [-0.2, -0.15) is 0 Å². The summed E-state index contributed by atoms with van der Waals surface area (Å²) in [5.41, 5.74) is 1.12. The Bertz CT molecular complexity index is 1240. The van der Waals surface area contributed by atoms with Crippen LogP contribution in [-0.2, 0) is 6.42 Å². The molecule has 0 atom stereocenters. The summed E-state index contributed by atoms with van der Waals surface area (Å²) in [7, 11) is 4.82. The molecule has 3 aromatic carbocycles. The molecule has 0 bridgehead atoms.